The number of carbonyl (C=O) groups is 2. The second-order valence-electron chi connectivity index (χ2n) is 4.56. The molecule has 0 spiro atoms. The molecule has 4 heteroatoms. The van der Waals surface area contributed by atoms with Crippen molar-refractivity contribution in [2.45, 2.75) is 25.3 Å². The maximum atomic E-state index is 12.3. The van der Waals surface area contributed by atoms with Crippen LogP contribution in [0.5, 0.6) is 0 Å². The number of benzene rings is 1. The smallest absolute Gasteiger partial charge is 0.262 e. The first-order chi connectivity index (χ1) is 8.70. The molecule has 2 amide bonds. The minimum Gasteiger partial charge on any atom is -0.269 e. The Kier molecular flexibility index (Phi) is 2.71. The van der Waals surface area contributed by atoms with Gasteiger partial charge in [-0.05, 0) is 31.4 Å². The minimum absolute atomic E-state index is 0.228. The Balaban J connectivity index is 2.02. The van der Waals surface area contributed by atoms with E-state index in [0.29, 0.717) is 16.2 Å². The summed E-state index contributed by atoms with van der Waals surface area (Å²) in [4.78, 5) is 25.9. The summed E-state index contributed by atoms with van der Waals surface area (Å²) in [5.74, 6) is -0.455. The summed E-state index contributed by atoms with van der Waals surface area (Å²) in [5, 5.41) is 0.607. The van der Waals surface area contributed by atoms with E-state index >= 15 is 0 Å². The van der Waals surface area contributed by atoms with Gasteiger partial charge in [0.1, 0.15) is 0 Å². The lowest BCUT2D eigenvalue weighted by Crippen LogP contribution is -2.41. The molecular formula is C14H12ClNO2. The van der Waals surface area contributed by atoms with E-state index in [4.69, 9.17) is 11.6 Å². The number of rotatable bonds is 1. The van der Waals surface area contributed by atoms with Gasteiger partial charge in [0.15, 0.2) is 0 Å². The lowest BCUT2D eigenvalue weighted by atomic mass is 10.0. The van der Waals surface area contributed by atoms with Crippen LogP contribution < -0.4 is 0 Å². The molecule has 1 heterocycles. The van der Waals surface area contributed by atoms with Crippen molar-refractivity contribution in [3.8, 4) is 0 Å². The molecule has 92 valence electrons. The van der Waals surface area contributed by atoms with E-state index in [1.54, 1.807) is 24.3 Å². The molecule has 18 heavy (non-hydrogen) atoms. The molecule has 0 radical (unpaired) electrons. The Morgan fingerprint density at radius 2 is 1.72 bits per heavy atom. The Bertz CT molecular complexity index is 530. The van der Waals surface area contributed by atoms with Crippen molar-refractivity contribution in [3.05, 3.63) is 46.5 Å². The van der Waals surface area contributed by atoms with E-state index in [0.717, 1.165) is 19.3 Å². The lowest BCUT2D eigenvalue weighted by molar-refractivity contribution is 0.0602. The number of imide groups is 1. The van der Waals surface area contributed by atoms with Crippen molar-refractivity contribution < 1.29 is 9.59 Å². The second kappa shape index (κ2) is 4.25. The zero-order valence-corrected chi connectivity index (χ0v) is 10.5. The number of allylic oxidation sites excluding steroid dienone is 1. The Labute approximate surface area is 110 Å². The van der Waals surface area contributed by atoms with Crippen LogP contribution in [0.15, 0.2) is 35.4 Å². The van der Waals surface area contributed by atoms with Crippen LogP contribution in [-0.2, 0) is 0 Å². The van der Waals surface area contributed by atoms with Crippen molar-refractivity contribution in [1.82, 2.24) is 4.90 Å². The average molecular weight is 262 g/mol. The molecule has 1 aromatic carbocycles. The van der Waals surface area contributed by atoms with Gasteiger partial charge >= 0.3 is 0 Å². The highest BCUT2D eigenvalue weighted by molar-refractivity contribution is 6.31. The third kappa shape index (κ3) is 1.58. The topological polar surface area (TPSA) is 37.4 Å². The van der Waals surface area contributed by atoms with E-state index < -0.39 is 0 Å². The first-order valence-corrected chi connectivity index (χ1v) is 6.40. The molecule has 0 bridgehead atoms. The van der Waals surface area contributed by atoms with Crippen LogP contribution in [0.3, 0.4) is 0 Å². The SMILES string of the molecule is O=C1c2ccccc2C(=O)N1C1CCCC=C1Cl. The van der Waals surface area contributed by atoms with Gasteiger partial charge in [0, 0.05) is 5.03 Å². The highest BCUT2D eigenvalue weighted by atomic mass is 35.5. The maximum absolute atomic E-state index is 12.3. The predicted octanol–water partition coefficient (Wildman–Crippen LogP) is 2.96. The van der Waals surface area contributed by atoms with Gasteiger partial charge < -0.3 is 0 Å². The van der Waals surface area contributed by atoms with Gasteiger partial charge in [-0.1, -0.05) is 29.8 Å². The third-order valence-corrected chi connectivity index (χ3v) is 3.88. The highest BCUT2D eigenvalue weighted by Crippen LogP contribution is 2.32. The third-order valence-electron chi connectivity index (χ3n) is 3.48. The summed E-state index contributed by atoms with van der Waals surface area (Å²) in [6, 6.07) is 6.64. The van der Waals surface area contributed by atoms with Crippen molar-refractivity contribution in [2.75, 3.05) is 0 Å². The summed E-state index contributed by atoms with van der Waals surface area (Å²) in [6.07, 6.45) is 4.52. The molecule has 2 aliphatic rings. The van der Waals surface area contributed by atoms with Crippen LogP contribution in [0.1, 0.15) is 40.0 Å². The quantitative estimate of drug-likeness (QED) is 0.729. The molecule has 3 rings (SSSR count). The fourth-order valence-corrected chi connectivity index (χ4v) is 2.88. The fourth-order valence-electron chi connectivity index (χ4n) is 2.57. The zero-order chi connectivity index (χ0) is 12.7. The molecule has 0 saturated heterocycles. The van der Waals surface area contributed by atoms with Gasteiger partial charge in [0.2, 0.25) is 0 Å². The predicted molar refractivity (Wildman–Crippen MR) is 68.5 cm³/mol. The van der Waals surface area contributed by atoms with Gasteiger partial charge in [-0.25, -0.2) is 0 Å². The zero-order valence-electron chi connectivity index (χ0n) is 9.73. The van der Waals surface area contributed by atoms with Crippen LogP contribution in [0.2, 0.25) is 0 Å². The van der Waals surface area contributed by atoms with Gasteiger partial charge in [0.25, 0.3) is 11.8 Å². The van der Waals surface area contributed by atoms with Gasteiger partial charge in [0.05, 0.1) is 17.2 Å². The molecule has 1 aliphatic carbocycles. The normalized spacial score (nSPS) is 23.1. The van der Waals surface area contributed by atoms with Crippen LogP contribution in [0.25, 0.3) is 0 Å². The van der Waals surface area contributed by atoms with Crippen LogP contribution in [0.4, 0.5) is 0 Å². The Hall–Kier alpha value is -1.61. The van der Waals surface area contributed by atoms with Crippen LogP contribution in [0, 0.1) is 0 Å². The fraction of sp³-hybridized carbons (Fsp3) is 0.286. The number of amides is 2. The number of halogens is 1. The standard InChI is InChI=1S/C14H12ClNO2/c15-11-7-3-4-8-12(11)16-13(17)9-5-1-2-6-10(9)14(16)18/h1-2,5-7,12H,3-4,8H2. The first kappa shape index (κ1) is 11.5. The van der Waals surface area contributed by atoms with E-state index in [2.05, 4.69) is 0 Å². The molecule has 0 saturated carbocycles. The summed E-state index contributed by atoms with van der Waals surface area (Å²) >= 11 is 6.15. The van der Waals surface area contributed by atoms with Crippen molar-refractivity contribution >= 4 is 23.4 Å². The van der Waals surface area contributed by atoms with Gasteiger partial charge in [-0.15, -0.1) is 0 Å². The first-order valence-electron chi connectivity index (χ1n) is 6.02. The minimum atomic E-state index is -0.284. The van der Waals surface area contributed by atoms with E-state index in [1.807, 2.05) is 6.08 Å². The summed E-state index contributed by atoms with van der Waals surface area (Å²) in [5.41, 5.74) is 0.968. The van der Waals surface area contributed by atoms with Crippen molar-refractivity contribution in [1.29, 1.82) is 0 Å². The molecular weight excluding hydrogens is 250 g/mol. The number of nitrogens with zero attached hydrogens (tertiary/aromatic N) is 1. The molecule has 0 N–H and O–H groups in total. The average Bonchev–Trinajstić information content (AvgIpc) is 2.64. The number of hydrogen-bond acceptors (Lipinski definition) is 2. The summed E-state index contributed by atoms with van der Waals surface area (Å²) in [6.45, 7) is 0. The highest BCUT2D eigenvalue weighted by Gasteiger charge is 2.40. The molecule has 1 aliphatic heterocycles. The number of hydrogen-bond donors (Lipinski definition) is 0. The summed E-state index contributed by atoms with van der Waals surface area (Å²) in [7, 11) is 0. The van der Waals surface area contributed by atoms with Crippen molar-refractivity contribution in [3.63, 3.8) is 0 Å². The molecule has 3 nitrogen and oxygen atoms in total. The van der Waals surface area contributed by atoms with E-state index in [9.17, 15) is 9.59 Å². The Morgan fingerprint density at radius 3 is 2.28 bits per heavy atom. The molecule has 0 aromatic heterocycles. The van der Waals surface area contributed by atoms with Crippen molar-refractivity contribution in [2.24, 2.45) is 0 Å². The van der Waals surface area contributed by atoms with E-state index in [-0.39, 0.29) is 17.9 Å². The van der Waals surface area contributed by atoms with Gasteiger partial charge in [-0.3, -0.25) is 14.5 Å². The van der Waals surface area contributed by atoms with Crippen LogP contribution in [-0.4, -0.2) is 22.8 Å². The summed E-state index contributed by atoms with van der Waals surface area (Å²) < 4.78 is 0. The number of carbonyl (C=O) groups excluding carboxylic acids is 2. The Morgan fingerprint density at radius 1 is 1.11 bits per heavy atom. The molecule has 0 fully saturated rings. The van der Waals surface area contributed by atoms with Crippen LogP contribution >= 0.6 is 11.6 Å². The number of fused-ring (bicyclic) bond motifs is 1. The monoisotopic (exact) mass is 261 g/mol. The second-order valence-corrected chi connectivity index (χ2v) is 5.00. The molecule has 1 unspecified atom stereocenters. The van der Waals surface area contributed by atoms with Gasteiger partial charge in [-0.2, -0.15) is 0 Å². The maximum Gasteiger partial charge on any atom is 0.262 e. The largest absolute Gasteiger partial charge is 0.269 e. The lowest BCUT2D eigenvalue weighted by Gasteiger charge is -2.28. The van der Waals surface area contributed by atoms with E-state index in [1.165, 1.54) is 4.90 Å². The molecule has 1 aromatic rings. The molecule has 1 atom stereocenters.